The van der Waals surface area contributed by atoms with E-state index in [4.69, 9.17) is 4.74 Å². The summed E-state index contributed by atoms with van der Waals surface area (Å²) >= 11 is 3.44. The molecule has 0 bridgehead atoms. The lowest BCUT2D eigenvalue weighted by Gasteiger charge is -2.10. The van der Waals surface area contributed by atoms with Gasteiger partial charge in [-0.05, 0) is 25.0 Å². The fourth-order valence-corrected chi connectivity index (χ4v) is 2.08. The smallest absolute Gasteiger partial charge is 0.124 e. The lowest BCUT2D eigenvalue weighted by Crippen LogP contribution is -2.28. The van der Waals surface area contributed by atoms with Crippen molar-refractivity contribution in [2.45, 2.75) is 25.4 Å². The maximum Gasteiger partial charge on any atom is 0.124 e. The average molecular weight is 299 g/mol. The second-order valence-corrected chi connectivity index (χ2v) is 5.28. The quantitative estimate of drug-likeness (QED) is 0.758. The Morgan fingerprint density at radius 3 is 2.88 bits per heavy atom. The van der Waals surface area contributed by atoms with Crippen LogP contribution in [0.4, 0.5) is 0 Å². The highest BCUT2D eigenvalue weighted by Gasteiger charge is 2.19. The Balaban J connectivity index is 1.73. The molecule has 3 nitrogen and oxygen atoms in total. The molecule has 1 fully saturated rings. The Bertz CT molecular complexity index is 366. The van der Waals surface area contributed by atoms with E-state index >= 15 is 0 Å². The highest BCUT2D eigenvalue weighted by Crippen LogP contribution is 2.23. The minimum Gasteiger partial charge on any atom is -0.496 e. The van der Waals surface area contributed by atoms with Crippen LogP contribution in [0, 0.1) is 0 Å². The zero-order valence-electron chi connectivity index (χ0n) is 10.1. The predicted octanol–water partition coefficient (Wildman–Crippen LogP) is 2.30. The molecule has 1 aromatic carbocycles. The van der Waals surface area contributed by atoms with Crippen LogP contribution < -0.4 is 15.4 Å². The minimum atomic E-state index is 0.791. The summed E-state index contributed by atoms with van der Waals surface area (Å²) in [5.41, 5.74) is 1.20. The van der Waals surface area contributed by atoms with Crippen LogP contribution in [0.1, 0.15) is 18.4 Å². The Morgan fingerprint density at radius 2 is 2.18 bits per heavy atom. The number of hydrogen-bond acceptors (Lipinski definition) is 3. The van der Waals surface area contributed by atoms with Crippen molar-refractivity contribution < 1.29 is 4.74 Å². The number of nitrogens with one attached hydrogen (secondary N) is 2. The largest absolute Gasteiger partial charge is 0.496 e. The molecule has 0 atom stereocenters. The van der Waals surface area contributed by atoms with E-state index in [2.05, 4.69) is 32.6 Å². The third-order valence-electron chi connectivity index (χ3n) is 2.88. The van der Waals surface area contributed by atoms with Crippen LogP contribution in [0.2, 0.25) is 0 Å². The van der Waals surface area contributed by atoms with E-state index < -0.39 is 0 Å². The summed E-state index contributed by atoms with van der Waals surface area (Å²) in [5, 5.41) is 6.90. The zero-order valence-corrected chi connectivity index (χ0v) is 11.7. The Morgan fingerprint density at radius 1 is 1.35 bits per heavy atom. The molecule has 0 aromatic heterocycles. The van der Waals surface area contributed by atoms with Gasteiger partial charge in [0.2, 0.25) is 0 Å². The van der Waals surface area contributed by atoms with Gasteiger partial charge in [0.25, 0.3) is 0 Å². The van der Waals surface area contributed by atoms with Crippen molar-refractivity contribution in [1.82, 2.24) is 10.6 Å². The monoisotopic (exact) mass is 298 g/mol. The van der Waals surface area contributed by atoms with Crippen molar-refractivity contribution in [2.75, 3.05) is 20.2 Å². The van der Waals surface area contributed by atoms with Crippen LogP contribution in [0.3, 0.4) is 0 Å². The summed E-state index contributed by atoms with van der Waals surface area (Å²) in [4.78, 5) is 0. The van der Waals surface area contributed by atoms with Gasteiger partial charge in [-0.25, -0.2) is 0 Å². The predicted molar refractivity (Wildman–Crippen MR) is 73.4 cm³/mol. The van der Waals surface area contributed by atoms with Crippen LogP contribution in [0.15, 0.2) is 22.7 Å². The summed E-state index contributed by atoms with van der Waals surface area (Å²) in [5.74, 6) is 0.932. The van der Waals surface area contributed by atoms with Crippen molar-refractivity contribution in [3.63, 3.8) is 0 Å². The summed E-state index contributed by atoms with van der Waals surface area (Å²) in [6.07, 6.45) is 2.70. The van der Waals surface area contributed by atoms with Crippen molar-refractivity contribution >= 4 is 15.9 Å². The van der Waals surface area contributed by atoms with Gasteiger partial charge in [-0.2, -0.15) is 0 Å². The molecule has 0 saturated heterocycles. The first kappa shape index (κ1) is 12.9. The molecule has 1 aliphatic carbocycles. The molecule has 2 rings (SSSR count). The van der Waals surface area contributed by atoms with Crippen molar-refractivity contribution in [3.05, 3.63) is 28.2 Å². The van der Waals surface area contributed by atoms with Gasteiger partial charge in [-0.1, -0.05) is 22.0 Å². The number of methoxy groups -OCH3 is 1. The number of hydrogen-bond donors (Lipinski definition) is 2. The van der Waals surface area contributed by atoms with E-state index in [1.54, 1.807) is 7.11 Å². The standard InChI is InChI=1S/C13H19BrN2O/c1-17-13-8-11(14)3-2-10(13)9-15-6-7-16-12-4-5-12/h2-3,8,12,15-16H,4-7,9H2,1H3. The van der Waals surface area contributed by atoms with Crippen LogP contribution in [-0.4, -0.2) is 26.2 Å². The van der Waals surface area contributed by atoms with Crippen molar-refractivity contribution in [2.24, 2.45) is 0 Å². The molecule has 1 saturated carbocycles. The molecule has 0 aliphatic heterocycles. The first-order valence-electron chi connectivity index (χ1n) is 6.06. The van der Waals surface area contributed by atoms with Gasteiger partial charge in [0.15, 0.2) is 0 Å². The SMILES string of the molecule is COc1cc(Br)ccc1CNCCNC1CC1. The molecule has 1 aromatic rings. The van der Waals surface area contributed by atoms with Crippen molar-refractivity contribution in [1.29, 1.82) is 0 Å². The van der Waals surface area contributed by atoms with Gasteiger partial charge in [0.1, 0.15) is 5.75 Å². The maximum atomic E-state index is 5.35. The Kier molecular flexibility index (Phi) is 4.83. The third kappa shape index (κ3) is 4.30. The number of ether oxygens (including phenoxy) is 1. The fourth-order valence-electron chi connectivity index (χ4n) is 1.74. The van der Waals surface area contributed by atoms with Gasteiger partial charge >= 0.3 is 0 Å². The lowest BCUT2D eigenvalue weighted by atomic mass is 10.2. The Hall–Kier alpha value is -0.580. The molecule has 4 heteroatoms. The lowest BCUT2D eigenvalue weighted by molar-refractivity contribution is 0.407. The average Bonchev–Trinajstić information content (AvgIpc) is 3.14. The first-order chi connectivity index (χ1) is 8.29. The van der Waals surface area contributed by atoms with Crippen LogP contribution in [-0.2, 0) is 6.54 Å². The van der Waals surface area contributed by atoms with Crippen LogP contribution in [0.5, 0.6) is 5.75 Å². The number of benzene rings is 1. The third-order valence-corrected chi connectivity index (χ3v) is 3.37. The molecule has 17 heavy (non-hydrogen) atoms. The van der Waals surface area contributed by atoms with Crippen LogP contribution in [0.25, 0.3) is 0 Å². The van der Waals surface area contributed by atoms with E-state index in [9.17, 15) is 0 Å². The van der Waals surface area contributed by atoms with E-state index in [0.29, 0.717) is 0 Å². The first-order valence-corrected chi connectivity index (χ1v) is 6.85. The molecule has 0 unspecified atom stereocenters. The normalized spacial score (nSPS) is 14.9. The summed E-state index contributed by atoms with van der Waals surface area (Å²) < 4.78 is 6.40. The summed E-state index contributed by atoms with van der Waals surface area (Å²) in [6.45, 7) is 2.89. The molecule has 0 amide bonds. The van der Waals surface area contributed by atoms with Gasteiger partial charge in [0, 0.05) is 35.7 Å². The highest BCUT2D eigenvalue weighted by atomic mass is 79.9. The maximum absolute atomic E-state index is 5.35. The fraction of sp³-hybridized carbons (Fsp3) is 0.538. The van der Waals surface area contributed by atoms with Gasteiger partial charge < -0.3 is 15.4 Å². The number of halogens is 1. The molecule has 94 valence electrons. The molecule has 0 spiro atoms. The summed E-state index contributed by atoms with van der Waals surface area (Å²) in [6, 6.07) is 6.92. The van der Waals surface area contributed by atoms with Gasteiger partial charge in [-0.3, -0.25) is 0 Å². The molecular weight excluding hydrogens is 280 g/mol. The molecular formula is C13H19BrN2O. The second-order valence-electron chi connectivity index (χ2n) is 4.36. The van der Waals surface area contributed by atoms with Gasteiger partial charge in [-0.15, -0.1) is 0 Å². The summed E-state index contributed by atoms with van der Waals surface area (Å²) in [7, 11) is 1.71. The molecule has 0 radical (unpaired) electrons. The topological polar surface area (TPSA) is 33.3 Å². The van der Waals surface area contributed by atoms with E-state index in [0.717, 1.165) is 35.9 Å². The zero-order chi connectivity index (χ0) is 12.1. The second kappa shape index (κ2) is 6.38. The van der Waals surface area contributed by atoms with Crippen LogP contribution >= 0.6 is 15.9 Å². The van der Waals surface area contributed by atoms with Crippen molar-refractivity contribution in [3.8, 4) is 5.75 Å². The molecule has 1 aliphatic rings. The van der Waals surface area contributed by atoms with E-state index in [1.807, 2.05) is 12.1 Å². The highest BCUT2D eigenvalue weighted by molar-refractivity contribution is 9.10. The van der Waals surface area contributed by atoms with E-state index in [-0.39, 0.29) is 0 Å². The molecule has 0 heterocycles. The molecule has 2 N–H and O–H groups in total. The number of rotatable bonds is 7. The Labute approximate surface area is 111 Å². The van der Waals surface area contributed by atoms with E-state index in [1.165, 1.54) is 18.4 Å². The van der Waals surface area contributed by atoms with Gasteiger partial charge in [0.05, 0.1) is 7.11 Å². The minimum absolute atomic E-state index is 0.791.